The van der Waals surface area contributed by atoms with E-state index in [1.807, 2.05) is 42.5 Å². The number of rotatable bonds is 8. The number of aromatic nitrogens is 3. The number of nitrogens with zero attached hydrogens (tertiary/aromatic N) is 3. The summed E-state index contributed by atoms with van der Waals surface area (Å²) in [5.41, 5.74) is 2.21. The van der Waals surface area contributed by atoms with Gasteiger partial charge in [-0.2, -0.15) is 5.10 Å². The van der Waals surface area contributed by atoms with Crippen molar-refractivity contribution in [3.05, 3.63) is 90.9 Å². The van der Waals surface area contributed by atoms with Gasteiger partial charge in [-0.15, -0.1) is 11.8 Å². The van der Waals surface area contributed by atoms with Gasteiger partial charge in [0, 0.05) is 21.9 Å². The molecular formula is C22H19N5O3S. The van der Waals surface area contributed by atoms with E-state index in [9.17, 15) is 9.59 Å². The van der Waals surface area contributed by atoms with Crippen molar-refractivity contribution in [3.8, 4) is 5.69 Å². The van der Waals surface area contributed by atoms with E-state index in [1.165, 1.54) is 12.6 Å². The predicted molar refractivity (Wildman–Crippen MR) is 117 cm³/mol. The number of carbonyl (C=O) groups excluding carboxylic acids is 2. The summed E-state index contributed by atoms with van der Waals surface area (Å²) in [6.07, 6.45) is 4.51. The molecule has 31 heavy (non-hydrogen) atoms. The third-order valence-corrected chi connectivity index (χ3v) is 5.40. The average molecular weight is 433 g/mol. The molecule has 2 amide bonds. The Morgan fingerprint density at radius 1 is 1.03 bits per heavy atom. The van der Waals surface area contributed by atoms with Gasteiger partial charge in [0.2, 0.25) is 5.91 Å². The number of thioether (sulfide) groups is 1. The molecule has 9 heteroatoms. The minimum atomic E-state index is -0.426. The molecule has 2 heterocycles. The quantitative estimate of drug-likeness (QED) is 0.412. The maximum atomic E-state index is 12.5. The zero-order chi connectivity index (χ0) is 21.5. The van der Waals surface area contributed by atoms with Crippen molar-refractivity contribution in [2.45, 2.75) is 10.6 Å². The van der Waals surface area contributed by atoms with Gasteiger partial charge in [0.15, 0.2) is 5.76 Å². The summed E-state index contributed by atoms with van der Waals surface area (Å²) in [5.74, 6) is 0.0421. The van der Waals surface area contributed by atoms with Crippen LogP contribution in [0.3, 0.4) is 0 Å². The Labute approximate surface area is 182 Å². The monoisotopic (exact) mass is 433 g/mol. The molecule has 4 aromatic rings. The average Bonchev–Trinajstić information content (AvgIpc) is 3.50. The van der Waals surface area contributed by atoms with Crippen molar-refractivity contribution in [1.82, 2.24) is 20.1 Å². The van der Waals surface area contributed by atoms with Gasteiger partial charge in [0.1, 0.15) is 12.7 Å². The van der Waals surface area contributed by atoms with Crippen molar-refractivity contribution in [2.75, 3.05) is 11.9 Å². The van der Waals surface area contributed by atoms with E-state index >= 15 is 0 Å². The van der Waals surface area contributed by atoms with Crippen molar-refractivity contribution in [2.24, 2.45) is 0 Å². The molecule has 156 valence electrons. The van der Waals surface area contributed by atoms with Gasteiger partial charge in [-0.05, 0) is 42.5 Å². The molecule has 2 aromatic carbocycles. The standard InChI is InChI=1S/C22H19N5O3S/c28-20(26-17-6-8-18(9-7-17)27-15-23-14-25-27)12-24-22(29)21-16(10-11-30-21)13-31-19-4-2-1-3-5-19/h1-11,14-15H,12-13H2,(H,24,29)(H,26,28). The van der Waals surface area contributed by atoms with Crippen LogP contribution in [-0.2, 0) is 10.5 Å². The van der Waals surface area contributed by atoms with Crippen LogP contribution in [0, 0.1) is 0 Å². The lowest BCUT2D eigenvalue weighted by atomic mass is 10.2. The van der Waals surface area contributed by atoms with E-state index in [4.69, 9.17) is 4.42 Å². The smallest absolute Gasteiger partial charge is 0.287 e. The Balaban J connectivity index is 1.28. The lowest BCUT2D eigenvalue weighted by Crippen LogP contribution is -2.33. The largest absolute Gasteiger partial charge is 0.459 e. The fraction of sp³-hybridized carbons (Fsp3) is 0.0909. The first-order valence-electron chi connectivity index (χ1n) is 9.46. The maximum Gasteiger partial charge on any atom is 0.287 e. The van der Waals surface area contributed by atoms with E-state index in [2.05, 4.69) is 20.7 Å². The molecule has 0 aliphatic carbocycles. The number of nitrogens with one attached hydrogen (secondary N) is 2. The van der Waals surface area contributed by atoms with Gasteiger partial charge >= 0.3 is 0 Å². The van der Waals surface area contributed by atoms with Crippen molar-refractivity contribution >= 4 is 29.3 Å². The molecule has 0 bridgehead atoms. The Kier molecular flexibility index (Phi) is 6.44. The molecule has 0 unspecified atom stereocenters. The normalized spacial score (nSPS) is 10.6. The van der Waals surface area contributed by atoms with Crippen molar-refractivity contribution < 1.29 is 14.0 Å². The van der Waals surface area contributed by atoms with Crippen LogP contribution >= 0.6 is 11.8 Å². The molecule has 0 aliphatic rings. The van der Waals surface area contributed by atoms with E-state index in [0.29, 0.717) is 11.4 Å². The summed E-state index contributed by atoms with van der Waals surface area (Å²) < 4.78 is 6.96. The van der Waals surface area contributed by atoms with Crippen LogP contribution in [0.1, 0.15) is 16.1 Å². The van der Waals surface area contributed by atoms with Gasteiger partial charge in [-0.1, -0.05) is 18.2 Å². The maximum absolute atomic E-state index is 12.5. The highest BCUT2D eigenvalue weighted by Crippen LogP contribution is 2.24. The molecule has 0 fully saturated rings. The second-order valence-electron chi connectivity index (χ2n) is 6.49. The number of carbonyl (C=O) groups is 2. The summed E-state index contributed by atoms with van der Waals surface area (Å²) in [6, 6.07) is 18.8. The third kappa shape index (κ3) is 5.40. The molecule has 0 aliphatic heterocycles. The van der Waals surface area contributed by atoms with Gasteiger partial charge in [-0.3, -0.25) is 9.59 Å². The molecule has 2 aromatic heterocycles. The van der Waals surface area contributed by atoms with Crippen LogP contribution in [0.5, 0.6) is 0 Å². The number of anilines is 1. The fourth-order valence-electron chi connectivity index (χ4n) is 2.81. The summed E-state index contributed by atoms with van der Waals surface area (Å²) in [5, 5.41) is 9.39. The summed E-state index contributed by atoms with van der Waals surface area (Å²) in [4.78, 5) is 29.7. The highest BCUT2D eigenvalue weighted by molar-refractivity contribution is 7.98. The zero-order valence-electron chi connectivity index (χ0n) is 16.4. The first-order chi connectivity index (χ1) is 15.2. The van der Waals surface area contributed by atoms with Crippen molar-refractivity contribution in [1.29, 1.82) is 0 Å². The van der Waals surface area contributed by atoms with E-state index in [-0.39, 0.29) is 18.2 Å². The minimum Gasteiger partial charge on any atom is -0.459 e. The van der Waals surface area contributed by atoms with Gasteiger partial charge in [-0.25, -0.2) is 9.67 Å². The second-order valence-corrected chi connectivity index (χ2v) is 7.54. The van der Waals surface area contributed by atoms with Crippen LogP contribution in [0.15, 0.2) is 88.9 Å². The van der Waals surface area contributed by atoms with Gasteiger partial charge in [0.05, 0.1) is 18.5 Å². The minimum absolute atomic E-state index is 0.171. The van der Waals surface area contributed by atoms with E-state index < -0.39 is 5.91 Å². The zero-order valence-corrected chi connectivity index (χ0v) is 17.2. The molecule has 0 saturated heterocycles. The van der Waals surface area contributed by atoms with Gasteiger partial charge < -0.3 is 15.1 Å². The van der Waals surface area contributed by atoms with Crippen LogP contribution < -0.4 is 10.6 Å². The van der Waals surface area contributed by atoms with Crippen LogP contribution in [0.2, 0.25) is 0 Å². The number of hydrogen-bond acceptors (Lipinski definition) is 6. The number of hydrogen-bond donors (Lipinski definition) is 2. The van der Waals surface area contributed by atoms with Crippen molar-refractivity contribution in [3.63, 3.8) is 0 Å². The Morgan fingerprint density at radius 3 is 2.58 bits per heavy atom. The topological polar surface area (TPSA) is 102 Å². The molecule has 0 atom stereocenters. The molecule has 0 spiro atoms. The van der Waals surface area contributed by atoms with Crippen LogP contribution in [-0.4, -0.2) is 33.1 Å². The molecule has 0 saturated carbocycles. The number of benzene rings is 2. The first-order valence-corrected chi connectivity index (χ1v) is 10.4. The summed E-state index contributed by atoms with van der Waals surface area (Å²) >= 11 is 1.61. The summed E-state index contributed by atoms with van der Waals surface area (Å²) in [6.45, 7) is -0.171. The number of amides is 2. The SMILES string of the molecule is O=C(CNC(=O)c1occc1CSc1ccccc1)Nc1ccc(-n2cncn2)cc1. The van der Waals surface area contributed by atoms with E-state index in [1.54, 1.807) is 41.0 Å². The second kappa shape index (κ2) is 9.77. The highest BCUT2D eigenvalue weighted by atomic mass is 32.2. The summed E-state index contributed by atoms with van der Waals surface area (Å²) in [7, 11) is 0. The van der Waals surface area contributed by atoms with E-state index in [0.717, 1.165) is 16.1 Å². The fourth-order valence-corrected chi connectivity index (χ4v) is 3.71. The first kappa shape index (κ1) is 20.4. The predicted octanol–water partition coefficient (Wildman–Crippen LogP) is 3.52. The molecule has 8 nitrogen and oxygen atoms in total. The number of furan rings is 1. The molecule has 4 rings (SSSR count). The lowest BCUT2D eigenvalue weighted by Gasteiger charge is -2.08. The van der Waals surface area contributed by atoms with Crippen LogP contribution in [0.25, 0.3) is 5.69 Å². The third-order valence-electron chi connectivity index (χ3n) is 4.33. The van der Waals surface area contributed by atoms with Crippen LogP contribution in [0.4, 0.5) is 5.69 Å². The lowest BCUT2D eigenvalue weighted by molar-refractivity contribution is -0.115. The Bertz CT molecular complexity index is 1140. The highest BCUT2D eigenvalue weighted by Gasteiger charge is 2.16. The molecule has 0 radical (unpaired) electrons. The Morgan fingerprint density at radius 2 is 1.84 bits per heavy atom. The van der Waals surface area contributed by atoms with Gasteiger partial charge in [0.25, 0.3) is 5.91 Å². The molecule has 2 N–H and O–H groups in total. The Hall–Kier alpha value is -3.85. The molecular weight excluding hydrogens is 414 g/mol.